The molecule has 0 amide bonds. The fraction of sp³-hybridized carbons (Fsp3) is 0.933. The van der Waals surface area contributed by atoms with E-state index in [1.54, 1.807) is 0 Å². The minimum absolute atomic E-state index is 0.485. The predicted molar refractivity (Wildman–Crippen MR) is 133 cm³/mol. The van der Waals surface area contributed by atoms with Crippen molar-refractivity contribution >= 4 is 0 Å². The van der Waals surface area contributed by atoms with Crippen LogP contribution in [0.15, 0.2) is 11.1 Å². The van der Waals surface area contributed by atoms with E-state index in [2.05, 4.69) is 41.5 Å². The third-order valence-corrected chi connectivity index (χ3v) is 11.5. The van der Waals surface area contributed by atoms with Crippen LogP contribution in [0.25, 0.3) is 0 Å². The number of hydrogen-bond donors (Lipinski definition) is 0. The molecule has 2 fully saturated rings. The maximum Gasteiger partial charge on any atom is 0.0574 e. The smallest absolute Gasteiger partial charge is 0.0574 e. The van der Waals surface area contributed by atoms with Crippen molar-refractivity contribution in [1.29, 1.82) is 0 Å². The summed E-state index contributed by atoms with van der Waals surface area (Å²) in [5.41, 5.74) is 4.97. The fourth-order valence-corrected chi connectivity index (χ4v) is 9.30. The molecule has 0 heterocycles. The Morgan fingerprint density at radius 1 is 0.968 bits per heavy atom. The molecule has 1 nitrogen and oxygen atoms in total. The lowest BCUT2D eigenvalue weighted by atomic mass is 9.50. The molecule has 0 aliphatic heterocycles. The Kier molecular flexibility index (Phi) is 7.04. The van der Waals surface area contributed by atoms with Crippen LogP contribution in [0.3, 0.4) is 0 Å². The van der Waals surface area contributed by atoms with Crippen molar-refractivity contribution in [2.75, 3.05) is 7.11 Å². The Balaban J connectivity index is 1.50. The maximum absolute atomic E-state index is 5.79. The highest BCUT2D eigenvalue weighted by Crippen LogP contribution is 2.66. The number of ether oxygens (including phenoxy) is 1. The van der Waals surface area contributed by atoms with E-state index in [9.17, 15) is 0 Å². The van der Waals surface area contributed by atoms with Gasteiger partial charge in [0.2, 0.25) is 0 Å². The van der Waals surface area contributed by atoms with Crippen LogP contribution in [0, 0.1) is 46.3 Å². The van der Waals surface area contributed by atoms with Crippen molar-refractivity contribution in [1.82, 2.24) is 0 Å². The van der Waals surface area contributed by atoms with Crippen LogP contribution in [-0.4, -0.2) is 13.2 Å². The van der Waals surface area contributed by atoms with E-state index in [1.165, 1.54) is 77.0 Å². The van der Waals surface area contributed by atoms with Crippen molar-refractivity contribution in [2.45, 2.75) is 125 Å². The van der Waals surface area contributed by atoms with Crippen molar-refractivity contribution in [3.63, 3.8) is 0 Å². The van der Waals surface area contributed by atoms with Gasteiger partial charge >= 0.3 is 0 Å². The summed E-state index contributed by atoms with van der Waals surface area (Å²) in [6.07, 6.45) is 17.4. The normalized spacial score (nSPS) is 42.2. The largest absolute Gasteiger partial charge is 0.381 e. The SMILES string of the molecule is CCC(CCC(C)C1CCC2C3=C(CCC21C)C1(C)CCC(OC)CC1CC3)C(C)C. The predicted octanol–water partition coefficient (Wildman–Crippen LogP) is 8.82. The summed E-state index contributed by atoms with van der Waals surface area (Å²) >= 11 is 0. The Morgan fingerprint density at radius 3 is 2.42 bits per heavy atom. The molecule has 8 unspecified atom stereocenters. The highest BCUT2D eigenvalue weighted by atomic mass is 16.5. The lowest BCUT2D eigenvalue weighted by Gasteiger charge is -2.55. The quantitative estimate of drug-likeness (QED) is 0.368. The molecule has 178 valence electrons. The Hall–Kier alpha value is -0.300. The number of rotatable bonds is 7. The zero-order valence-corrected chi connectivity index (χ0v) is 21.9. The van der Waals surface area contributed by atoms with Gasteiger partial charge < -0.3 is 4.74 Å². The van der Waals surface area contributed by atoms with E-state index in [0.29, 0.717) is 16.9 Å². The van der Waals surface area contributed by atoms with Crippen LogP contribution < -0.4 is 0 Å². The van der Waals surface area contributed by atoms with Gasteiger partial charge in [-0.15, -0.1) is 0 Å². The molecular formula is C30H52O. The zero-order chi connectivity index (χ0) is 22.4. The number of hydrogen-bond acceptors (Lipinski definition) is 1. The van der Waals surface area contributed by atoms with E-state index in [1.807, 2.05) is 18.3 Å². The van der Waals surface area contributed by atoms with E-state index >= 15 is 0 Å². The Morgan fingerprint density at radius 2 is 1.74 bits per heavy atom. The van der Waals surface area contributed by atoms with E-state index in [4.69, 9.17) is 4.74 Å². The molecule has 0 radical (unpaired) electrons. The van der Waals surface area contributed by atoms with Gasteiger partial charge in [0.15, 0.2) is 0 Å². The van der Waals surface area contributed by atoms with Crippen LogP contribution in [0.2, 0.25) is 0 Å². The summed E-state index contributed by atoms with van der Waals surface area (Å²) in [4.78, 5) is 0. The molecule has 0 saturated heterocycles. The van der Waals surface area contributed by atoms with Crippen molar-refractivity contribution in [2.24, 2.45) is 46.3 Å². The van der Waals surface area contributed by atoms with E-state index in [0.717, 1.165) is 35.5 Å². The molecule has 4 aliphatic carbocycles. The molecular weight excluding hydrogens is 376 g/mol. The first-order valence-electron chi connectivity index (χ1n) is 14.0. The molecule has 8 atom stereocenters. The van der Waals surface area contributed by atoms with Crippen LogP contribution in [0.1, 0.15) is 119 Å². The second-order valence-electron chi connectivity index (χ2n) is 13.0. The lowest BCUT2D eigenvalue weighted by Crippen LogP contribution is -2.45. The first-order valence-corrected chi connectivity index (χ1v) is 14.0. The van der Waals surface area contributed by atoms with E-state index in [-0.39, 0.29) is 0 Å². The molecule has 0 bridgehead atoms. The van der Waals surface area contributed by atoms with E-state index < -0.39 is 0 Å². The van der Waals surface area contributed by atoms with Gasteiger partial charge in [0.25, 0.3) is 0 Å². The van der Waals surface area contributed by atoms with Gasteiger partial charge in [-0.25, -0.2) is 0 Å². The molecule has 4 aliphatic rings. The average Bonchev–Trinajstić information content (AvgIpc) is 3.10. The van der Waals surface area contributed by atoms with Gasteiger partial charge in [0.1, 0.15) is 0 Å². The summed E-state index contributed by atoms with van der Waals surface area (Å²) in [7, 11) is 1.93. The molecule has 0 aromatic heterocycles. The van der Waals surface area contributed by atoms with Gasteiger partial charge in [-0.1, -0.05) is 65.5 Å². The number of methoxy groups -OCH3 is 1. The first-order chi connectivity index (χ1) is 14.7. The second-order valence-corrected chi connectivity index (χ2v) is 13.0. The van der Waals surface area contributed by atoms with Crippen LogP contribution >= 0.6 is 0 Å². The summed E-state index contributed by atoms with van der Waals surface area (Å²) in [5.74, 6) is 5.38. The highest BCUT2D eigenvalue weighted by Gasteiger charge is 2.55. The average molecular weight is 429 g/mol. The monoisotopic (exact) mass is 428 g/mol. The number of fused-ring (bicyclic) bond motifs is 4. The lowest BCUT2D eigenvalue weighted by molar-refractivity contribution is -0.00951. The zero-order valence-electron chi connectivity index (χ0n) is 21.9. The summed E-state index contributed by atoms with van der Waals surface area (Å²) in [6.45, 7) is 15.2. The minimum Gasteiger partial charge on any atom is -0.381 e. The highest BCUT2D eigenvalue weighted by molar-refractivity contribution is 5.34. The molecule has 0 aromatic carbocycles. The van der Waals surface area contributed by atoms with Crippen molar-refractivity contribution < 1.29 is 4.74 Å². The molecule has 2 saturated carbocycles. The molecule has 0 aromatic rings. The minimum atomic E-state index is 0.485. The standard InChI is InChI=1S/C30H52O/c1-8-22(20(2)3)10-9-21(4)26-13-14-27-25-12-11-23-19-24(31-7)15-17-29(23,5)28(25)16-18-30(26,27)6/h20-24,26-27H,8-19H2,1-7H3. The number of allylic oxidation sites excluding steroid dienone is 2. The third-order valence-electron chi connectivity index (χ3n) is 11.5. The summed E-state index contributed by atoms with van der Waals surface area (Å²) < 4.78 is 5.79. The van der Waals surface area contributed by atoms with Gasteiger partial charge in [-0.05, 0) is 111 Å². The summed E-state index contributed by atoms with van der Waals surface area (Å²) in [5, 5.41) is 0. The van der Waals surface area contributed by atoms with Crippen molar-refractivity contribution in [3.8, 4) is 0 Å². The van der Waals surface area contributed by atoms with Crippen LogP contribution in [-0.2, 0) is 4.74 Å². The molecule has 4 rings (SSSR count). The van der Waals surface area contributed by atoms with Crippen molar-refractivity contribution in [3.05, 3.63) is 11.1 Å². The fourth-order valence-electron chi connectivity index (χ4n) is 9.30. The molecule has 31 heavy (non-hydrogen) atoms. The topological polar surface area (TPSA) is 9.23 Å². The Bertz CT molecular complexity index is 661. The van der Waals surface area contributed by atoms with Gasteiger partial charge in [0, 0.05) is 7.11 Å². The first kappa shape index (κ1) is 23.8. The van der Waals surface area contributed by atoms with Gasteiger partial charge in [0.05, 0.1) is 6.10 Å². The van der Waals surface area contributed by atoms with Crippen LogP contribution in [0.4, 0.5) is 0 Å². The van der Waals surface area contributed by atoms with Gasteiger partial charge in [-0.2, -0.15) is 0 Å². The Labute approximate surface area is 194 Å². The molecule has 0 N–H and O–H groups in total. The maximum atomic E-state index is 5.79. The second kappa shape index (κ2) is 9.15. The molecule has 0 spiro atoms. The molecule has 1 heteroatoms. The van der Waals surface area contributed by atoms with Crippen LogP contribution in [0.5, 0.6) is 0 Å². The van der Waals surface area contributed by atoms with Gasteiger partial charge in [-0.3, -0.25) is 0 Å². The summed E-state index contributed by atoms with van der Waals surface area (Å²) in [6, 6.07) is 0. The third kappa shape index (κ3) is 4.08.